The van der Waals surface area contributed by atoms with Gasteiger partial charge in [0.1, 0.15) is 12.1 Å². The van der Waals surface area contributed by atoms with Gasteiger partial charge in [-0.15, -0.1) is 4.99 Å². The molecule has 0 aliphatic carbocycles. The highest BCUT2D eigenvalue weighted by molar-refractivity contribution is 6.31. The third kappa shape index (κ3) is 11.7. The first-order valence-electron chi connectivity index (χ1n) is 10.0. The number of rotatable bonds is 13. The fourth-order valence-corrected chi connectivity index (χ4v) is 2.74. The van der Waals surface area contributed by atoms with Crippen molar-refractivity contribution < 1.29 is 28.6 Å². The molecule has 0 spiro atoms. The number of hydroxylamine groups is 2. The molecule has 31 heavy (non-hydrogen) atoms. The molecule has 1 rings (SSSR count). The van der Waals surface area contributed by atoms with E-state index in [1.807, 2.05) is 0 Å². The molecule has 8 nitrogen and oxygen atoms in total. The zero-order valence-corrected chi connectivity index (χ0v) is 18.8. The number of nitrogens with zero attached hydrogens (tertiary/aromatic N) is 1. The number of allylic oxidation sites excluding steroid dienone is 4. The fourth-order valence-electron chi connectivity index (χ4n) is 2.68. The van der Waals surface area contributed by atoms with Gasteiger partial charge >= 0.3 is 0 Å². The third-order valence-electron chi connectivity index (χ3n) is 4.38. The van der Waals surface area contributed by atoms with Crippen molar-refractivity contribution >= 4 is 23.4 Å². The SMILES string of the molecule is C=C(CCC(=O)NCC1CC(CCC)OON1C)NC(=O)COC(=C)/C=C\C(Cl)=C\F. The van der Waals surface area contributed by atoms with E-state index in [2.05, 4.69) is 30.7 Å². The van der Waals surface area contributed by atoms with Crippen molar-refractivity contribution in [2.75, 3.05) is 20.2 Å². The van der Waals surface area contributed by atoms with E-state index in [9.17, 15) is 14.0 Å². The van der Waals surface area contributed by atoms with E-state index in [1.54, 1.807) is 12.1 Å². The molecule has 2 amide bonds. The predicted octanol–water partition coefficient (Wildman–Crippen LogP) is 3.38. The summed E-state index contributed by atoms with van der Waals surface area (Å²) < 4.78 is 17.2. The van der Waals surface area contributed by atoms with Gasteiger partial charge < -0.3 is 15.4 Å². The van der Waals surface area contributed by atoms with Gasteiger partial charge in [-0.25, -0.2) is 9.28 Å². The van der Waals surface area contributed by atoms with E-state index >= 15 is 0 Å². The molecule has 2 atom stereocenters. The van der Waals surface area contributed by atoms with Gasteiger partial charge in [-0.05, 0) is 31.4 Å². The number of amides is 2. The average Bonchev–Trinajstić information content (AvgIpc) is 2.75. The summed E-state index contributed by atoms with van der Waals surface area (Å²) in [6, 6.07) is 0.0201. The molecule has 1 heterocycles. The first-order valence-corrected chi connectivity index (χ1v) is 10.4. The summed E-state index contributed by atoms with van der Waals surface area (Å²) in [5.74, 6) is -0.465. The molecule has 0 aromatic rings. The van der Waals surface area contributed by atoms with E-state index in [1.165, 1.54) is 12.2 Å². The summed E-state index contributed by atoms with van der Waals surface area (Å²) >= 11 is 5.46. The number of carbonyl (C=O) groups excluding carboxylic acids is 2. The Kier molecular flexibility index (Phi) is 12.8. The molecule has 1 aliphatic rings. The van der Waals surface area contributed by atoms with Crippen LogP contribution in [0.15, 0.2) is 48.1 Å². The molecule has 2 unspecified atom stereocenters. The van der Waals surface area contributed by atoms with Crippen LogP contribution >= 0.6 is 11.6 Å². The Morgan fingerprint density at radius 3 is 2.71 bits per heavy atom. The number of nitrogens with one attached hydrogen (secondary N) is 2. The Bertz CT molecular complexity index is 699. The second-order valence-electron chi connectivity index (χ2n) is 7.06. The standard InChI is InChI=1S/C21H31ClFN3O5/c1-5-6-19-11-18(26(4)31-30-19)13-24-20(27)10-7-15(2)25-21(28)14-29-16(3)8-9-17(22)12-23/h8-9,12,18-19H,2-3,5-7,10-11,13-14H2,1,4H3,(H,24,27)(H,25,28)/b9-8-,17-12-. The molecule has 2 N–H and O–H groups in total. The van der Waals surface area contributed by atoms with Crippen LogP contribution in [0.25, 0.3) is 0 Å². The zero-order valence-electron chi connectivity index (χ0n) is 18.0. The zero-order chi connectivity index (χ0) is 23.2. The van der Waals surface area contributed by atoms with Crippen molar-refractivity contribution in [1.82, 2.24) is 15.7 Å². The maximum atomic E-state index is 12.1. The summed E-state index contributed by atoms with van der Waals surface area (Å²) in [7, 11) is 1.76. The van der Waals surface area contributed by atoms with Crippen LogP contribution in [0, 0.1) is 0 Å². The van der Waals surface area contributed by atoms with Crippen LogP contribution in [-0.4, -0.2) is 49.2 Å². The minimum Gasteiger partial charge on any atom is -0.484 e. The van der Waals surface area contributed by atoms with Crippen LogP contribution in [0.1, 0.15) is 39.0 Å². The van der Waals surface area contributed by atoms with Crippen molar-refractivity contribution in [3.8, 4) is 0 Å². The molecular formula is C21H31ClFN3O5. The van der Waals surface area contributed by atoms with Gasteiger partial charge in [0.2, 0.25) is 5.91 Å². The molecule has 10 heteroatoms. The quantitative estimate of drug-likeness (QED) is 0.249. The van der Waals surface area contributed by atoms with E-state index < -0.39 is 5.91 Å². The first kappa shape index (κ1) is 26.8. The Morgan fingerprint density at radius 1 is 1.29 bits per heavy atom. The average molecular weight is 460 g/mol. The summed E-state index contributed by atoms with van der Waals surface area (Å²) in [5.41, 5.74) is 0.392. The summed E-state index contributed by atoms with van der Waals surface area (Å²) in [4.78, 5) is 34.4. The maximum absolute atomic E-state index is 12.1. The van der Waals surface area contributed by atoms with E-state index in [-0.39, 0.29) is 54.6 Å². The highest BCUT2D eigenvalue weighted by Crippen LogP contribution is 2.19. The van der Waals surface area contributed by atoms with E-state index in [0.717, 1.165) is 19.3 Å². The fraction of sp³-hybridized carbons (Fsp3) is 0.524. The molecule has 1 saturated heterocycles. The minimum absolute atomic E-state index is 0.0176. The Labute approximate surface area is 187 Å². The van der Waals surface area contributed by atoms with Crippen LogP contribution in [0.4, 0.5) is 4.39 Å². The van der Waals surface area contributed by atoms with Gasteiger partial charge in [0.25, 0.3) is 5.91 Å². The summed E-state index contributed by atoms with van der Waals surface area (Å²) in [5, 5.41) is 6.89. The topological polar surface area (TPSA) is 89.1 Å². The van der Waals surface area contributed by atoms with Gasteiger partial charge in [0.05, 0.1) is 17.2 Å². The van der Waals surface area contributed by atoms with Crippen LogP contribution in [0.5, 0.6) is 0 Å². The lowest BCUT2D eigenvalue weighted by atomic mass is 10.0. The monoisotopic (exact) mass is 459 g/mol. The summed E-state index contributed by atoms with van der Waals surface area (Å²) in [6.45, 7) is 9.50. The number of halogens is 2. The highest BCUT2D eigenvalue weighted by Gasteiger charge is 2.28. The highest BCUT2D eigenvalue weighted by atomic mass is 35.5. The van der Waals surface area contributed by atoms with E-state index in [0.29, 0.717) is 12.2 Å². The van der Waals surface area contributed by atoms with Crippen LogP contribution < -0.4 is 10.6 Å². The second-order valence-corrected chi connectivity index (χ2v) is 7.49. The molecule has 0 bridgehead atoms. The number of hydrogen-bond acceptors (Lipinski definition) is 6. The minimum atomic E-state index is -0.449. The van der Waals surface area contributed by atoms with Crippen molar-refractivity contribution in [2.45, 2.75) is 51.2 Å². The molecular weight excluding hydrogens is 429 g/mol. The number of hydrogen-bond donors (Lipinski definition) is 2. The van der Waals surface area contributed by atoms with Crippen LogP contribution in [0.3, 0.4) is 0 Å². The number of likely N-dealkylation sites (N-methyl/N-ethyl adjacent to an activating group) is 1. The van der Waals surface area contributed by atoms with Crippen LogP contribution in [0.2, 0.25) is 0 Å². The maximum Gasteiger partial charge on any atom is 0.262 e. The molecule has 0 radical (unpaired) electrons. The predicted molar refractivity (Wildman–Crippen MR) is 116 cm³/mol. The summed E-state index contributed by atoms with van der Waals surface area (Å²) in [6.07, 6.45) is 5.93. The molecule has 174 valence electrons. The lowest BCUT2D eigenvalue weighted by Crippen LogP contribution is -2.48. The van der Waals surface area contributed by atoms with E-state index in [4.69, 9.17) is 26.2 Å². The van der Waals surface area contributed by atoms with Gasteiger partial charge in [-0.3, -0.25) is 9.59 Å². The lowest BCUT2D eigenvalue weighted by molar-refractivity contribution is -0.473. The normalized spacial score (nSPS) is 19.8. The largest absolute Gasteiger partial charge is 0.484 e. The molecule has 0 aromatic carbocycles. The van der Waals surface area contributed by atoms with Gasteiger partial charge in [0.15, 0.2) is 6.61 Å². The number of carbonyl (C=O) groups is 2. The molecule has 1 fully saturated rings. The molecule has 1 aliphatic heterocycles. The van der Waals surface area contributed by atoms with Gasteiger partial charge in [-0.2, -0.15) is 5.06 Å². The molecule has 0 aromatic heterocycles. The third-order valence-corrected chi connectivity index (χ3v) is 4.59. The van der Waals surface area contributed by atoms with Crippen LogP contribution in [-0.2, 0) is 24.2 Å². The van der Waals surface area contributed by atoms with Crippen molar-refractivity contribution in [3.05, 3.63) is 48.1 Å². The first-order chi connectivity index (χ1) is 14.7. The Hall–Kier alpha value is -2.20. The van der Waals surface area contributed by atoms with Gasteiger partial charge in [0, 0.05) is 25.7 Å². The molecule has 0 saturated carbocycles. The van der Waals surface area contributed by atoms with Crippen molar-refractivity contribution in [3.63, 3.8) is 0 Å². The smallest absolute Gasteiger partial charge is 0.262 e. The van der Waals surface area contributed by atoms with Gasteiger partial charge in [-0.1, -0.05) is 38.1 Å². The number of ether oxygens (including phenoxy) is 1. The Balaban J connectivity index is 2.24. The van der Waals surface area contributed by atoms with Crippen molar-refractivity contribution in [1.29, 1.82) is 0 Å². The van der Waals surface area contributed by atoms with Crippen molar-refractivity contribution in [2.24, 2.45) is 0 Å². The Morgan fingerprint density at radius 2 is 2.03 bits per heavy atom. The lowest BCUT2D eigenvalue weighted by Gasteiger charge is -2.34. The second kappa shape index (κ2) is 14.7.